The quantitative estimate of drug-likeness (QED) is 0.679. The molecule has 2 saturated heterocycles. The van der Waals surface area contributed by atoms with Gasteiger partial charge in [0.05, 0.1) is 11.0 Å². The number of H-pyrrole nitrogens is 1. The van der Waals surface area contributed by atoms with Gasteiger partial charge in [0.15, 0.2) is 0 Å². The Morgan fingerprint density at radius 2 is 1.53 bits per heavy atom. The van der Waals surface area contributed by atoms with Gasteiger partial charge in [0.1, 0.15) is 6.61 Å². The summed E-state index contributed by atoms with van der Waals surface area (Å²) in [6.07, 6.45) is 3.67. The normalized spacial score (nSPS) is 18.8. The number of amides is 1. The summed E-state index contributed by atoms with van der Waals surface area (Å²) in [4.78, 5) is 32.3. The SMILES string of the molecule is O=C(OCc1ccccc1)N1CCC(N2CCC(n3c(=O)[nH]c4ccccc43)CC2)CC1. The smallest absolute Gasteiger partial charge is 0.410 e. The van der Waals surface area contributed by atoms with Crippen molar-refractivity contribution in [1.82, 2.24) is 19.4 Å². The molecule has 2 aromatic carbocycles. The summed E-state index contributed by atoms with van der Waals surface area (Å²) in [7, 11) is 0. The zero-order valence-corrected chi connectivity index (χ0v) is 18.3. The molecule has 7 nitrogen and oxygen atoms in total. The maximum Gasteiger partial charge on any atom is 0.410 e. The first kappa shape index (κ1) is 20.8. The fourth-order valence-corrected chi connectivity index (χ4v) is 5.17. The average molecular weight is 435 g/mol. The summed E-state index contributed by atoms with van der Waals surface area (Å²) >= 11 is 0. The summed E-state index contributed by atoms with van der Waals surface area (Å²) in [6, 6.07) is 18.4. The van der Waals surface area contributed by atoms with Gasteiger partial charge < -0.3 is 19.5 Å². The number of hydrogen-bond donors (Lipinski definition) is 1. The second-order valence-electron chi connectivity index (χ2n) is 8.84. The van der Waals surface area contributed by atoms with Crippen LogP contribution in [-0.2, 0) is 11.3 Å². The van der Waals surface area contributed by atoms with Gasteiger partial charge in [-0.15, -0.1) is 0 Å². The molecule has 7 heteroatoms. The van der Waals surface area contributed by atoms with Crippen molar-refractivity contribution in [2.45, 2.75) is 44.4 Å². The molecule has 3 aromatic rings. The van der Waals surface area contributed by atoms with Crippen molar-refractivity contribution in [2.75, 3.05) is 26.2 Å². The maximum absolute atomic E-state index is 12.5. The molecule has 168 valence electrons. The second-order valence-corrected chi connectivity index (χ2v) is 8.84. The fraction of sp³-hybridized carbons (Fsp3) is 0.440. The lowest BCUT2D eigenvalue weighted by atomic mass is 9.97. The number of aromatic amines is 1. The largest absolute Gasteiger partial charge is 0.445 e. The molecule has 1 amide bonds. The number of para-hydroxylation sites is 2. The van der Waals surface area contributed by atoms with Crippen LogP contribution in [0.3, 0.4) is 0 Å². The maximum atomic E-state index is 12.5. The molecular formula is C25H30N4O3. The van der Waals surface area contributed by atoms with Gasteiger partial charge in [-0.05, 0) is 43.4 Å². The van der Waals surface area contributed by atoms with E-state index in [0.717, 1.165) is 68.5 Å². The van der Waals surface area contributed by atoms with Crippen molar-refractivity contribution < 1.29 is 9.53 Å². The summed E-state index contributed by atoms with van der Waals surface area (Å²) < 4.78 is 7.43. The lowest BCUT2D eigenvalue weighted by Gasteiger charge is -2.41. The Labute approximate surface area is 187 Å². The first-order valence-electron chi connectivity index (χ1n) is 11.6. The molecular weight excluding hydrogens is 404 g/mol. The fourth-order valence-electron chi connectivity index (χ4n) is 5.17. The topological polar surface area (TPSA) is 70.6 Å². The highest BCUT2D eigenvalue weighted by Crippen LogP contribution is 2.28. The molecule has 5 rings (SSSR count). The number of carbonyl (C=O) groups excluding carboxylic acids is 1. The predicted octanol–water partition coefficient (Wildman–Crippen LogP) is 3.77. The van der Waals surface area contributed by atoms with Gasteiger partial charge in [-0.1, -0.05) is 42.5 Å². The molecule has 2 aliphatic heterocycles. The van der Waals surface area contributed by atoms with Crippen LogP contribution in [0.15, 0.2) is 59.4 Å². The van der Waals surface area contributed by atoms with Crippen LogP contribution in [0.4, 0.5) is 4.79 Å². The third-order valence-corrected chi connectivity index (χ3v) is 6.93. The minimum Gasteiger partial charge on any atom is -0.445 e. The Morgan fingerprint density at radius 1 is 0.875 bits per heavy atom. The number of nitrogens with one attached hydrogen (secondary N) is 1. The van der Waals surface area contributed by atoms with Crippen molar-refractivity contribution in [2.24, 2.45) is 0 Å². The van der Waals surface area contributed by atoms with Crippen LogP contribution in [0.2, 0.25) is 0 Å². The van der Waals surface area contributed by atoms with Crippen LogP contribution in [0.1, 0.15) is 37.3 Å². The number of benzene rings is 2. The number of nitrogens with zero attached hydrogens (tertiary/aromatic N) is 3. The van der Waals surface area contributed by atoms with E-state index in [2.05, 4.69) is 9.88 Å². The van der Waals surface area contributed by atoms with E-state index in [9.17, 15) is 9.59 Å². The van der Waals surface area contributed by atoms with Gasteiger partial charge in [-0.2, -0.15) is 0 Å². The Balaban J connectivity index is 1.11. The molecule has 0 spiro atoms. The van der Waals surface area contributed by atoms with E-state index in [4.69, 9.17) is 4.74 Å². The third kappa shape index (κ3) is 4.30. The Kier molecular flexibility index (Phi) is 5.99. The number of imidazole rings is 1. The lowest BCUT2D eigenvalue weighted by molar-refractivity contribution is 0.0576. The number of rotatable bonds is 4. The van der Waals surface area contributed by atoms with E-state index in [-0.39, 0.29) is 17.8 Å². The number of carbonyl (C=O) groups is 1. The van der Waals surface area contributed by atoms with Crippen LogP contribution in [0.25, 0.3) is 11.0 Å². The van der Waals surface area contributed by atoms with Gasteiger partial charge in [0.2, 0.25) is 0 Å². The zero-order valence-electron chi connectivity index (χ0n) is 18.3. The highest BCUT2D eigenvalue weighted by molar-refractivity contribution is 5.75. The molecule has 0 unspecified atom stereocenters. The first-order valence-corrected chi connectivity index (χ1v) is 11.6. The number of aromatic nitrogens is 2. The number of likely N-dealkylation sites (tertiary alicyclic amines) is 2. The molecule has 2 fully saturated rings. The van der Waals surface area contributed by atoms with Gasteiger partial charge in [-0.3, -0.25) is 4.57 Å². The first-order chi connectivity index (χ1) is 15.7. The van der Waals surface area contributed by atoms with Crippen molar-refractivity contribution in [3.05, 3.63) is 70.6 Å². The minimum atomic E-state index is -0.218. The summed E-state index contributed by atoms with van der Waals surface area (Å²) in [5.74, 6) is 0. The number of fused-ring (bicyclic) bond motifs is 1. The van der Waals surface area contributed by atoms with E-state index in [1.807, 2.05) is 64.1 Å². The van der Waals surface area contributed by atoms with Crippen LogP contribution in [-0.4, -0.2) is 57.7 Å². The van der Waals surface area contributed by atoms with Crippen LogP contribution in [0, 0.1) is 0 Å². The minimum absolute atomic E-state index is 0.00743. The van der Waals surface area contributed by atoms with Gasteiger partial charge in [-0.25, -0.2) is 9.59 Å². The van der Waals surface area contributed by atoms with Gasteiger partial charge >= 0.3 is 11.8 Å². The summed E-state index contributed by atoms with van der Waals surface area (Å²) in [5, 5.41) is 0. The van der Waals surface area contributed by atoms with Gasteiger partial charge in [0, 0.05) is 38.3 Å². The van der Waals surface area contributed by atoms with Crippen LogP contribution in [0.5, 0.6) is 0 Å². The number of ether oxygens (including phenoxy) is 1. The molecule has 1 N–H and O–H groups in total. The molecule has 3 heterocycles. The standard InChI is InChI=1S/C25H30N4O3/c30-24-26-22-8-4-5-9-23(22)29(24)21-12-14-27(15-13-21)20-10-16-28(17-11-20)25(31)32-18-19-6-2-1-3-7-19/h1-9,20-21H,10-18H2,(H,26,30). The molecule has 0 atom stereocenters. The highest BCUT2D eigenvalue weighted by Gasteiger charge is 2.31. The monoisotopic (exact) mass is 434 g/mol. The van der Waals surface area contributed by atoms with E-state index in [1.54, 1.807) is 0 Å². The van der Waals surface area contributed by atoms with Crippen molar-refractivity contribution in [3.8, 4) is 0 Å². The third-order valence-electron chi connectivity index (χ3n) is 6.93. The average Bonchev–Trinajstić information content (AvgIpc) is 3.19. The van der Waals surface area contributed by atoms with E-state index in [0.29, 0.717) is 12.6 Å². The van der Waals surface area contributed by atoms with Crippen molar-refractivity contribution >= 4 is 17.1 Å². The van der Waals surface area contributed by atoms with Crippen LogP contribution < -0.4 is 5.69 Å². The van der Waals surface area contributed by atoms with Gasteiger partial charge in [0.25, 0.3) is 0 Å². The highest BCUT2D eigenvalue weighted by atomic mass is 16.6. The molecule has 1 aromatic heterocycles. The Bertz CT molecular complexity index is 1110. The number of hydrogen-bond acceptors (Lipinski definition) is 4. The van der Waals surface area contributed by atoms with Crippen molar-refractivity contribution in [3.63, 3.8) is 0 Å². The molecule has 0 radical (unpaired) electrons. The van der Waals surface area contributed by atoms with Crippen LogP contribution >= 0.6 is 0 Å². The Hall–Kier alpha value is -3.06. The molecule has 0 bridgehead atoms. The van der Waals surface area contributed by atoms with E-state index >= 15 is 0 Å². The Morgan fingerprint density at radius 3 is 2.28 bits per heavy atom. The lowest BCUT2D eigenvalue weighted by Crippen LogP contribution is -2.49. The molecule has 0 aliphatic carbocycles. The summed E-state index contributed by atoms with van der Waals surface area (Å²) in [5.41, 5.74) is 2.91. The predicted molar refractivity (Wildman–Crippen MR) is 124 cm³/mol. The van der Waals surface area contributed by atoms with Crippen molar-refractivity contribution in [1.29, 1.82) is 0 Å². The zero-order chi connectivity index (χ0) is 21.9. The van der Waals surface area contributed by atoms with E-state index < -0.39 is 0 Å². The summed E-state index contributed by atoms with van der Waals surface area (Å²) in [6.45, 7) is 3.76. The second kappa shape index (κ2) is 9.20. The number of piperidine rings is 2. The molecule has 2 aliphatic rings. The molecule has 32 heavy (non-hydrogen) atoms. The molecule has 0 saturated carbocycles. The van der Waals surface area contributed by atoms with E-state index in [1.165, 1.54) is 0 Å².